The van der Waals surface area contributed by atoms with Gasteiger partial charge in [0, 0.05) is 17.1 Å². The second kappa shape index (κ2) is 8.95. The highest BCUT2D eigenvalue weighted by Gasteiger charge is 2.12. The van der Waals surface area contributed by atoms with Crippen LogP contribution in [0, 0.1) is 6.92 Å². The summed E-state index contributed by atoms with van der Waals surface area (Å²) < 4.78 is 0. The van der Waals surface area contributed by atoms with E-state index in [2.05, 4.69) is 145 Å². The Morgan fingerprint density at radius 1 is 0.344 bits per heavy atom. The molecule has 5 rings (SSSR count). The molecule has 0 aliphatic carbocycles. The molecule has 0 saturated carbocycles. The molecule has 5 aromatic carbocycles. The van der Waals surface area contributed by atoms with E-state index in [1.54, 1.807) is 0 Å². The number of nitrogens with zero attached hydrogens (tertiary/aromatic N) is 1. The monoisotopic (exact) mass is 411 g/mol. The third-order valence-electron chi connectivity index (χ3n) is 5.76. The predicted molar refractivity (Wildman–Crippen MR) is 137 cm³/mol. The highest BCUT2D eigenvalue weighted by molar-refractivity contribution is 5.79. The van der Waals surface area contributed by atoms with Crippen LogP contribution in [0.2, 0.25) is 0 Å². The predicted octanol–water partition coefficient (Wildman–Crippen LogP) is 8.80. The van der Waals surface area contributed by atoms with Crippen molar-refractivity contribution in [3.8, 4) is 22.3 Å². The van der Waals surface area contributed by atoms with Crippen LogP contribution in [-0.2, 0) is 0 Å². The Kier molecular flexibility index (Phi) is 5.55. The van der Waals surface area contributed by atoms with Crippen molar-refractivity contribution in [2.75, 3.05) is 4.90 Å². The van der Waals surface area contributed by atoms with Gasteiger partial charge in [-0.15, -0.1) is 0 Å². The largest absolute Gasteiger partial charge is 0.311 e. The number of rotatable bonds is 5. The van der Waals surface area contributed by atoms with Gasteiger partial charge in [0.1, 0.15) is 0 Å². The van der Waals surface area contributed by atoms with Crippen molar-refractivity contribution in [1.82, 2.24) is 0 Å². The highest BCUT2D eigenvalue weighted by Crippen LogP contribution is 2.36. The Bertz CT molecular complexity index is 1270. The molecule has 0 spiro atoms. The molecule has 0 saturated heterocycles. The fraction of sp³-hybridized carbons (Fsp3) is 0.0323. The Morgan fingerprint density at radius 3 is 1.16 bits per heavy atom. The van der Waals surface area contributed by atoms with E-state index in [0.717, 1.165) is 17.1 Å². The number of hydrogen-bond acceptors (Lipinski definition) is 1. The summed E-state index contributed by atoms with van der Waals surface area (Å²) in [6, 6.07) is 47.3. The van der Waals surface area contributed by atoms with Gasteiger partial charge in [0.25, 0.3) is 0 Å². The van der Waals surface area contributed by atoms with E-state index < -0.39 is 0 Å². The van der Waals surface area contributed by atoms with Gasteiger partial charge in [0.05, 0.1) is 0 Å². The van der Waals surface area contributed by atoms with Gasteiger partial charge in [-0.05, 0) is 65.6 Å². The van der Waals surface area contributed by atoms with E-state index in [-0.39, 0.29) is 0 Å². The van der Waals surface area contributed by atoms with Crippen molar-refractivity contribution in [2.24, 2.45) is 0 Å². The summed E-state index contributed by atoms with van der Waals surface area (Å²) in [7, 11) is 0. The molecule has 154 valence electrons. The van der Waals surface area contributed by atoms with Crippen molar-refractivity contribution in [3.63, 3.8) is 0 Å². The molecule has 0 bridgehead atoms. The van der Waals surface area contributed by atoms with Gasteiger partial charge in [-0.1, -0.05) is 103 Å². The second-order valence-electron chi connectivity index (χ2n) is 8.00. The van der Waals surface area contributed by atoms with Crippen molar-refractivity contribution < 1.29 is 0 Å². The second-order valence-corrected chi connectivity index (χ2v) is 8.00. The van der Waals surface area contributed by atoms with Crippen LogP contribution >= 0.6 is 0 Å². The minimum atomic E-state index is 1.14. The van der Waals surface area contributed by atoms with E-state index >= 15 is 0 Å². The lowest BCUT2D eigenvalue weighted by atomic mass is 10.0. The van der Waals surface area contributed by atoms with Crippen LogP contribution < -0.4 is 4.90 Å². The first-order valence-electron chi connectivity index (χ1n) is 11.0. The molecule has 0 aliphatic rings. The zero-order valence-corrected chi connectivity index (χ0v) is 18.1. The molecule has 0 aromatic heterocycles. The Hall–Kier alpha value is -4.10. The molecular formula is C31H25N. The summed E-state index contributed by atoms with van der Waals surface area (Å²) >= 11 is 0. The van der Waals surface area contributed by atoms with Crippen LogP contribution in [0.15, 0.2) is 133 Å². The first-order chi connectivity index (χ1) is 15.8. The van der Waals surface area contributed by atoms with Crippen LogP contribution in [-0.4, -0.2) is 0 Å². The molecule has 1 heteroatoms. The van der Waals surface area contributed by atoms with Gasteiger partial charge in [0.15, 0.2) is 0 Å². The van der Waals surface area contributed by atoms with Crippen LogP contribution in [0.3, 0.4) is 0 Å². The SMILES string of the molecule is Cc1ccc(-c2ccc(N(c3ccccc3)c3ccc(-c4ccccc4)cc3)cc2)cc1. The van der Waals surface area contributed by atoms with Crippen molar-refractivity contribution in [2.45, 2.75) is 6.92 Å². The molecule has 1 nitrogen and oxygen atoms in total. The molecule has 0 heterocycles. The van der Waals surface area contributed by atoms with Gasteiger partial charge in [-0.25, -0.2) is 0 Å². The molecule has 0 aliphatic heterocycles. The third-order valence-corrected chi connectivity index (χ3v) is 5.76. The Labute approximate surface area is 190 Å². The minimum absolute atomic E-state index is 1.14. The number of aryl methyl sites for hydroxylation is 1. The van der Waals surface area contributed by atoms with Gasteiger partial charge >= 0.3 is 0 Å². The maximum Gasteiger partial charge on any atom is 0.0462 e. The molecule has 0 fully saturated rings. The zero-order valence-electron chi connectivity index (χ0n) is 18.1. The van der Waals surface area contributed by atoms with Gasteiger partial charge in [0.2, 0.25) is 0 Å². The summed E-state index contributed by atoms with van der Waals surface area (Å²) in [6.07, 6.45) is 0. The average Bonchev–Trinajstić information content (AvgIpc) is 2.87. The molecule has 0 amide bonds. The standard InChI is InChI=1S/C31H25N/c1-24-12-14-26(15-13-24)28-18-22-31(23-19-28)32(29-10-6-3-7-11-29)30-20-16-27(17-21-30)25-8-4-2-5-9-25/h2-23H,1H3. The topological polar surface area (TPSA) is 3.24 Å². The summed E-state index contributed by atoms with van der Waals surface area (Å²) in [5.41, 5.74) is 9.60. The van der Waals surface area contributed by atoms with Crippen LogP contribution in [0.5, 0.6) is 0 Å². The van der Waals surface area contributed by atoms with E-state index in [1.165, 1.54) is 27.8 Å². The fourth-order valence-electron chi connectivity index (χ4n) is 4.01. The van der Waals surface area contributed by atoms with Crippen molar-refractivity contribution in [1.29, 1.82) is 0 Å². The summed E-state index contributed by atoms with van der Waals surface area (Å²) in [5.74, 6) is 0. The van der Waals surface area contributed by atoms with Crippen LogP contribution in [0.1, 0.15) is 5.56 Å². The Morgan fingerprint density at radius 2 is 0.688 bits per heavy atom. The summed E-state index contributed by atoms with van der Waals surface area (Å²) in [4.78, 5) is 2.30. The first-order valence-corrected chi connectivity index (χ1v) is 11.0. The van der Waals surface area contributed by atoms with Gasteiger partial charge < -0.3 is 4.90 Å². The van der Waals surface area contributed by atoms with Gasteiger partial charge in [-0.3, -0.25) is 0 Å². The minimum Gasteiger partial charge on any atom is -0.311 e. The lowest BCUT2D eigenvalue weighted by Crippen LogP contribution is -2.09. The molecule has 5 aromatic rings. The van der Waals surface area contributed by atoms with E-state index in [4.69, 9.17) is 0 Å². The molecule has 32 heavy (non-hydrogen) atoms. The summed E-state index contributed by atoms with van der Waals surface area (Å²) in [6.45, 7) is 2.12. The third kappa shape index (κ3) is 4.19. The normalized spacial score (nSPS) is 10.7. The van der Waals surface area contributed by atoms with Crippen molar-refractivity contribution in [3.05, 3.63) is 139 Å². The molecule has 0 atom stereocenters. The maximum absolute atomic E-state index is 2.30. The van der Waals surface area contributed by atoms with Crippen molar-refractivity contribution >= 4 is 17.1 Å². The lowest BCUT2D eigenvalue weighted by Gasteiger charge is -2.26. The zero-order chi connectivity index (χ0) is 21.8. The first kappa shape index (κ1) is 19.8. The number of hydrogen-bond donors (Lipinski definition) is 0. The highest BCUT2D eigenvalue weighted by atomic mass is 15.1. The average molecular weight is 412 g/mol. The van der Waals surface area contributed by atoms with Crippen LogP contribution in [0.4, 0.5) is 17.1 Å². The molecule has 0 radical (unpaired) electrons. The smallest absolute Gasteiger partial charge is 0.0462 e. The quantitative estimate of drug-likeness (QED) is 0.279. The lowest BCUT2D eigenvalue weighted by molar-refractivity contribution is 1.28. The van der Waals surface area contributed by atoms with Crippen LogP contribution in [0.25, 0.3) is 22.3 Å². The number of para-hydroxylation sites is 1. The molecule has 0 unspecified atom stereocenters. The van der Waals surface area contributed by atoms with E-state index in [0.29, 0.717) is 0 Å². The molecule has 0 N–H and O–H groups in total. The Balaban J connectivity index is 1.51. The molecular weight excluding hydrogens is 386 g/mol. The summed E-state index contributed by atoms with van der Waals surface area (Å²) in [5, 5.41) is 0. The number of anilines is 3. The fourth-order valence-corrected chi connectivity index (χ4v) is 4.01. The van der Waals surface area contributed by atoms with Gasteiger partial charge in [-0.2, -0.15) is 0 Å². The number of benzene rings is 5. The van der Waals surface area contributed by atoms with E-state index in [1.807, 2.05) is 0 Å². The van der Waals surface area contributed by atoms with E-state index in [9.17, 15) is 0 Å². The maximum atomic E-state index is 2.30.